The van der Waals surface area contributed by atoms with Crippen molar-refractivity contribution in [1.29, 1.82) is 0 Å². The Bertz CT molecular complexity index is 1200. The average molecular weight is 418 g/mol. The molecule has 0 N–H and O–H groups in total. The van der Waals surface area contributed by atoms with Crippen LogP contribution in [0, 0.1) is 20.2 Å². The number of rotatable bonds is 6. The molecule has 0 radical (unpaired) electrons. The molecule has 0 fully saturated rings. The molecule has 0 aliphatic carbocycles. The van der Waals surface area contributed by atoms with Gasteiger partial charge in [-0.3, -0.25) is 4.68 Å². The van der Waals surface area contributed by atoms with E-state index in [-0.39, 0.29) is 39.0 Å². The lowest BCUT2D eigenvalue weighted by molar-refractivity contribution is -0.396. The normalized spacial score (nSPS) is 11.3. The van der Waals surface area contributed by atoms with Gasteiger partial charge in [-0.2, -0.15) is 0 Å². The molecule has 0 unspecified atom stereocenters. The fourth-order valence-electron chi connectivity index (χ4n) is 2.35. The second kappa shape index (κ2) is 8.67. The van der Waals surface area contributed by atoms with Crippen molar-refractivity contribution in [2.24, 2.45) is 14.0 Å². The van der Waals surface area contributed by atoms with E-state index in [9.17, 15) is 20.2 Å². The van der Waals surface area contributed by atoms with Gasteiger partial charge >= 0.3 is 11.9 Å². The van der Waals surface area contributed by atoms with E-state index in [0.29, 0.717) is 11.4 Å². The van der Waals surface area contributed by atoms with Gasteiger partial charge in [0, 0.05) is 16.8 Å². The molecule has 0 aromatic carbocycles. The molecule has 0 amide bonds. The quantitative estimate of drug-likeness (QED) is 0.303. The van der Waals surface area contributed by atoms with Gasteiger partial charge in [-0.05, 0) is 9.85 Å². The molecule has 4 aromatic heterocycles. The Morgan fingerprint density at radius 3 is 2.23 bits per heavy atom. The molecule has 0 saturated carbocycles. The second-order valence-electron chi connectivity index (χ2n) is 5.70. The summed E-state index contributed by atoms with van der Waals surface area (Å²) in [6, 6.07) is 0. The molecule has 0 atom stereocenters. The van der Waals surface area contributed by atoms with E-state index in [2.05, 4.69) is 30.6 Å². The molecule has 16 heteroatoms. The number of imidazole rings is 2. The lowest BCUT2D eigenvalue weighted by Gasteiger charge is -2.00. The number of aromatic nitrogens is 10. The van der Waals surface area contributed by atoms with E-state index < -0.39 is 9.85 Å². The lowest BCUT2D eigenvalue weighted by Crippen LogP contribution is -2.07. The van der Waals surface area contributed by atoms with Gasteiger partial charge < -0.3 is 20.2 Å². The van der Waals surface area contributed by atoms with Crippen LogP contribution in [0.15, 0.2) is 37.2 Å². The van der Waals surface area contributed by atoms with Crippen molar-refractivity contribution in [3.8, 4) is 0 Å². The first-order valence-electron chi connectivity index (χ1n) is 9.50. The highest BCUT2D eigenvalue weighted by atomic mass is 16.6. The van der Waals surface area contributed by atoms with Crippen LogP contribution in [-0.2, 0) is 27.1 Å². The van der Waals surface area contributed by atoms with Gasteiger partial charge in [-0.15, -0.1) is 10.2 Å². The Kier molecular flexibility index (Phi) is 5.08. The highest BCUT2D eigenvalue weighted by molar-refractivity contribution is 5.10. The van der Waals surface area contributed by atoms with Crippen molar-refractivity contribution in [3.05, 3.63) is 68.8 Å². The predicted octanol–water partition coefficient (Wildman–Crippen LogP) is -0.0638. The van der Waals surface area contributed by atoms with E-state index in [0.717, 1.165) is 0 Å². The molecule has 30 heavy (non-hydrogen) atoms. The van der Waals surface area contributed by atoms with Crippen molar-refractivity contribution in [2.45, 2.75) is 13.1 Å². The SMILES string of the molecule is [2H]Cn1cc(Cn2ccnc2[N+](=O)[O-])nn1.[2H]Cn1nncc1Cn1ccnc1[N+](=O)[O-]. The number of hydrogen-bond acceptors (Lipinski definition) is 10. The number of hydrogen-bond donors (Lipinski definition) is 0. The first kappa shape index (κ1) is 17.6. The molecule has 0 saturated heterocycles. The Morgan fingerprint density at radius 1 is 1.00 bits per heavy atom. The summed E-state index contributed by atoms with van der Waals surface area (Å²) in [6.45, 7) is 0.443. The Hall–Kier alpha value is -4.50. The van der Waals surface area contributed by atoms with E-state index in [1.165, 1.54) is 49.5 Å². The van der Waals surface area contributed by atoms with E-state index >= 15 is 0 Å². The third-order valence-electron chi connectivity index (χ3n) is 3.66. The summed E-state index contributed by atoms with van der Waals surface area (Å²) >= 11 is 0. The smallest absolute Gasteiger partial charge is 0.390 e. The fraction of sp³-hybridized carbons (Fsp3) is 0.286. The minimum absolute atomic E-state index is 0.0287. The van der Waals surface area contributed by atoms with Crippen LogP contribution in [0.4, 0.5) is 11.9 Å². The van der Waals surface area contributed by atoms with Gasteiger partial charge in [0.2, 0.25) is 0 Å². The zero-order chi connectivity index (χ0) is 23.1. The molecule has 0 bridgehead atoms. The van der Waals surface area contributed by atoms with Gasteiger partial charge in [0.25, 0.3) is 0 Å². The maximum absolute atomic E-state index is 10.6. The summed E-state index contributed by atoms with van der Waals surface area (Å²) in [5.74, 6) is -0.474. The van der Waals surface area contributed by atoms with Crippen LogP contribution < -0.4 is 0 Å². The summed E-state index contributed by atoms with van der Waals surface area (Å²) < 4.78 is 19.6. The van der Waals surface area contributed by atoms with Crippen LogP contribution in [0.5, 0.6) is 0 Å². The van der Waals surface area contributed by atoms with Gasteiger partial charge in [-0.25, -0.2) is 13.8 Å². The molecule has 4 aromatic rings. The minimum atomic E-state index is -0.561. The third kappa shape index (κ3) is 4.66. The maximum atomic E-state index is 10.6. The van der Waals surface area contributed by atoms with Crippen molar-refractivity contribution in [3.63, 3.8) is 0 Å². The topological polar surface area (TPSA) is 183 Å². The van der Waals surface area contributed by atoms with Gasteiger partial charge in [0.15, 0.2) is 0 Å². The van der Waals surface area contributed by atoms with Crippen molar-refractivity contribution in [2.75, 3.05) is 0 Å². The van der Waals surface area contributed by atoms with Crippen molar-refractivity contribution < 1.29 is 12.6 Å². The largest absolute Gasteiger partial charge is 0.434 e. The Morgan fingerprint density at radius 2 is 1.67 bits per heavy atom. The first-order valence-corrected chi connectivity index (χ1v) is 8.08. The third-order valence-corrected chi connectivity index (χ3v) is 3.66. The van der Waals surface area contributed by atoms with E-state index in [4.69, 9.17) is 2.74 Å². The lowest BCUT2D eigenvalue weighted by atomic mass is 10.4. The zero-order valence-corrected chi connectivity index (χ0v) is 15.3. The average Bonchev–Trinajstić information content (AvgIpc) is 3.56. The summed E-state index contributed by atoms with van der Waals surface area (Å²) in [7, 11) is -0.100. The molecule has 0 aliphatic heterocycles. The molecular weight excluding hydrogens is 400 g/mol. The van der Waals surface area contributed by atoms with Crippen LogP contribution in [0.25, 0.3) is 0 Å². The number of nitro groups is 2. The summed E-state index contributed by atoms with van der Waals surface area (Å²) in [6.07, 6.45) is 8.74. The van der Waals surface area contributed by atoms with Crippen molar-refractivity contribution >= 4 is 11.9 Å². The van der Waals surface area contributed by atoms with Crippen LogP contribution >= 0.6 is 0 Å². The minimum Gasteiger partial charge on any atom is -0.390 e. The molecule has 0 spiro atoms. The number of nitrogens with zero attached hydrogens (tertiary/aromatic N) is 12. The fourth-order valence-corrected chi connectivity index (χ4v) is 2.35. The zero-order valence-electron chi connectivity index (χ0n) is 17.3. The second-order valence-corrected chi connectivity index (χ2v) is 5.70. The number of aryl methyl sites for hydroxylation is 2. The summed E-state index contributed by atoms with van der Waals surface area (Å²) in [5, 5.41) is 36.0. The summed E-state index contributed by atoms with van der Waals surface area (Å²) in [5.41, 5.74) is 1.17. The maximum Gasteiger partial charge on any atom is 0.434 e. The van der Waals surface area contributed by atoms with Crippen LogP contribution in [0.2, 0.25) is 0 Å². The predicted molar refractivity (Wildman–Crippen MR) is 98.0 cm³/mol. The first-order chi connectivity index (χ1) is 15.4. The summed E-state index contributed by atoms with van der Waals surface area (Å²) in [4.78, 5) is 27.3. The van der Waals surface area contributed by atoms with E-state index in [1.54, 1.807) is 6.20 Å². The Balaban J connectivity index is 0.000000181. The van der Waals surface area contributed by atoms with Gasteiger partial charge in [-0.1, -0.05) is 20.4 Å². The monoisotopic (exact) mass is 418 g/mol. The molecule has 16 nitrogen and oxygen atoms in total. The van der Waals surface area contributed by atoms with Crippen molar-refractivity contribution in [1.82, 2.24) is 49.1 Å². The molecular formula is C14H16N12O4. The van der Waals surface area contributed by atoms with E-state index in [1.807, 2.05) is 0 Å². The Labute approximate surface area is 170 Å². The van der Waals surface area contributed by atoms with Crippen LogP contribution in [0.1, 0.15) is 14.1 Å². The standard InChI is InChI=1S/2C7H8N6O2/c1-11-4-6(9-10-11)5-12-3-2-8-7(12)13(14)15;1-11-6(4-9-10-11)5-12-3-2-8-7(12)13(14)15/h2*2-4H,5H2,1H3/i2*1D. The highest BCUT2D eigenvalue weighted by Gasteiger charge is 2.16. The van der Waals surface area contributed by atoms with Gasteiger partial charge in [0.1, 0.15) is 43.6 Å². The van der Waals surface area contributed by atoms with Gasteiger partial charge in [0.05, 0.1) is 18.1 Å². The molecule has 4 heterocycles. The highest BCUT2D eigenvalue weighted by Crippen LogP contribution is 2.10. The molecule has 4 rings (SSSR count). The van der Waals surface area contributed by atoms with Crippen LogP contribution in [0.3, 0.4) is 0 Å². The molecule has 156 valence electrons. The van der Waals surface area contributed by atoms with Crippen LogP contribution in [-0.4, -0.2) is 58.9 Å². The molecule has 0 aliphatic rings.